The van der Waals surface area contributed by atoms with Gasteiger partial charge in [-0.25, -0.2) is 0 Å². The maximum atomic E-state index is 15.5. The normalized spacial score (nSPS) is 26.9. The van der Waals surface area contributed by atoms with Gasteiger partial charge in [0.15, 0.2) is 0 Å². The number of carbonyl (C=O) groups excluding carboxylic acids is 1. The number of amides is 1. The summed E-state index contributed by atoms with van der Waals surface area (Å²) in [5.41, 5.74) is -2.65. The van der Waals surface area contributed by atoms with Crippen molar-refractivity contribution in [2.24, 2.45) is 0 Å². The van der Waals surface area contributed by atoms with Crippen LogP contribution in [0.1, 0.15) is 72.9 Å². The van der Waals surface area contributed by atoms with E-state index in [1.54, 1.807) is 0 Å². The van der Waals surface area contributed by atoms with Crippen LogP contribution in [0.25, 0.3) is 0 Å². The van der Waals surface area contributed by atoms with E-state index in [0.29, 0.717) is 36.3 Å². The van der Waals surface area contributed by atoms with E-state index in [-0.39, 0.29) is 12.1 Å². The number of nitrogens with zero attached hydrogens (tertiary/aromatic N) is 1. The van der Waals surface area contributed by atoms with Gasteiger partial charge < -0.3 is 10.1 Å². The number of rotatable bonds is 4. The van der Waals surface area contributed by atoms with Crippen molar-refractivity contribution < 1.29 is 31.5 Å². The van der Waals surface area contributed by atoms with Crippen LogP contribution < -0.4 is 10.1 Å². The predicted octanol–water partition coefficient (Wildman–Crippen LogP) is 5.06. The lowest BCUT2D eigenvalue weighted by atomic mass is 9.88. The molecule has 9 heteroatoms. The van der Waals surface area contributed by atoms with Gasteiger partial charge in [-0.1, -0.05) is 25.7 Å². The van der Waals surface area contributed by atoms with Crippen molar-refractivity contribution in [2.45, 2.75) is 81.7 Å². The fourth-order valence-corrected chi connectivity index (χ4v) is 5.14. The summed E-state index contributed by atoms with van der Waals surface area (Å²) in [5, 5.41) is 3.46. The van der Waals surface area contributed by atoms with E-state index < -0.39 is 46.6 Å². The monoisotopic (exact) mass is 432 g/mol. The molecule has 2 atom stereocenters. The number of alkyl halides is 5. The standard InChI is InChI=1S/C21H25F5N2O2/c1-30-17-11-12(20(22,23)24)10-14-18(17)19(29)28(21(14,25)26)16-9-5-4-8-15(16)27-13-6-2-3-7-13/h10-11,13,15-16,27H,2-9H2,1H3/t15-,16+/m1/s1. The number of ether oxygens (including phenoxy) is 1. The van der Waals surface area contributed by atoms with E-state index in [1.165, 1.54) is 0 Å². The molecule has 166 valence electrons. The molecule has 0 spiro atoms. The summed E-state index contributed by atoms with van der Waals surface area (Å²) in [7, 11) is 1.08. The second-order valence-electron chi connectivity index (χ2n) is 8.42. The highest BCUT2D eigenvalue weighted by atomic mass is 19.4. The topological polar surface area (TPSA) is 41.6 Å². The van der Waals surface area contributed by atoms with E-state index in [4.69, 9.17) is 4.74 Å². The van der Waals surface area contributed by atoms with Gasteiger partial charge in [0.25, 0.3) is 5.91 Å². The van der Waals surface area contributed by atoms with Crippen LogP contribution in [0.15, 0.2) is 12.1 Å². The summed E-state index contributed by atoms with van der Waals surface area (Å²) in [5.74, 6) is -1.44. The summed E-state index contributed by atoms with van der Waals surface area (Å²) >= 11 is 0. The van der Waals surface area contributed by atoms with Crippen molar-refractivity contribution in [3.8, 4) is 5.75 Å². The Balaban J connectivity index is 1.72. The molecule has 1 aromatic rings. The Morgan fingerprint density at radius 2 is 1.70 bits per heavy atom. The Bertz CT molecular complexity index is 820. The fourth-order valence-electron chi connectivity index (χ4n) is 5.14. The second kappa shape index (κ2) is 7.66. The molecule has 2 fully saturated rings. The van der Waals surface area contributed by atoms with Gasteiger partial charge in [0.05, 0.1) is 29.8 Å². The van der Waals surface area contributed by atoms with Crippen LogP contribution >= 0.6 is 0 Å². The van der Waals surface area contributed by atoms with Crippen LogP contribution in [-0.2, 0) is 12.2 Å². The van der Waals surface area contributed by atoms with Gasteiger partial charge in [-0.15, -0.1) is 0 Å². The summed E-state index contributed by atoms with van der Waals surface area (Å²) in [6.45, 7) is 0. The van der Waals surface area contributed by atoms with Gasteiger partial charge in [0.1, 0.15) is 5.75 Å². The first-order valence-electron chi connectivity index (χ1n) is 10.4. The first-order chi connectivity index (χ1) is 14.1. The van der Waals surface area contributed by atoms with Crippen molar-refractivity contribution >= 4 is 5.91 Å². The van der Waals surface area contributed by atoms with E-state index in [1.807, 2.05) is 0 Å². The molecule has 0 bridgehead atoms. The second-order valence-corrected chi connectivity index (χ2v) is 8.42. The number of carbonyl (C=O) groups is 1. The van der Waals surface area contributed by atoms with E-state index >= 15 is 8.78 Å². The molecule has 0 aromatic heterocycles. The average molecular weight is 432 g/mol. The number of hydrogen-bond acceptors (Lipinski definition) is 3. The molecule has 1 aliphatic heterocycles. The molecular weight excluding hydrogens is 407 g/mol. The predicted molar refractivity (Wildman–Crippen MR) is 99.5 cm³/mol. The Morgan fingerprint density at radius 1 is 1.07 bits per heavy atom. The smallest absolute Gasteiger partial charge is 0.416 e. The molecule has 1 amide bonds. The summed E-state index contributed by atoms with van der Waals surface area (Å²) in [4.78, 5) is 13.6. The lowest BCUT2D eigenvalue weighted by Crippen LogP contribution is -2.57. The minimum atomic E-state index is -4.83. The van der Waals surface area contributed by atoms with Gasteiger partial charge >= 0.3 is 12.2 Å². The average Bonchev–Trinajstić information content (AvgIpc) is 3.26. The molecule has 2 aliphatic carbocycles. The number of methoxy groups -OCH3 is 1. The molecule has 2 saturated carbocycles. The quantitative estimate of drug-likeness (QED) is 0.534. The Labute approximate surface area is 171 Å². The van der Waals surface area contributed by atoms with Crippen LogP contribution in [0, 0.1) is 0 Å². The maximum Gasteiger partial charge on any atom is 0.416 e. The number of nitrogens with one attached hydrogen (secondary N) is 1. The zero-order valence-corrected chi connectivity index (χ0v) is 16.7. The van der Waals surface area contributed by atoms with Gasteiger partial charge in [-0.05, 0) is 37.8 Å². The lowest BCUT2D eigenvalue weighted by molar-refractivity contribution is -0.148. The molecule has 3 aliphatic rings. The molecule has 0 unspecified atom stereocenters. The molecule has 30 heavy (non-hydrogen) atoms. The van der Waals surface area contributed by atoms with Crippen LogP contribution in [-0.4, -0.2) is 36.0 Å². The van der Waals surface area contributed by atoms with Crippen molar-refractivity contribution in [2.75, 3.05) is 7.11 Å². The largest absolute Gasteiger partial charge is 0.496 e. The summed E-state index contributed by atoms with van der Waals surface area (Å²) in [6.07, 6.45) is 1.86. The van der Waals surface area contributed by atoms with Crippen LogP contribution in [0.5, 0.6) is 5.75 Å². The van der Waals surface area contributed by atoms with Crippen LogP contribution in [0.2, 0.25) is 0 Å². The molecule has 1 N–H and O–H groups in total. The summed E-state index contributed by atoms with van der Waals surface area (Å²) in [6, 6.07) is -3.69. The Hall–Kier alpha value is -1.90. The third-order valence-electron chi connectivity index (χ3n) is 6.57. The molecule has 1 heterocycles. The van der Waals surface area contributed by atoms with Crippen LogP contribution in [0.3, 0.4) is 0 Å². The van der Waals surface area contributed by atoms with Gasteiger partial charge in [-0.3, -0.25) is 9.69 Å². The number of hydrogen-bond donors (Lipinski definition) is 1. The molecule has 4 nitrogen and oxygen atoms in total. The Kier molecular flexibility index (Phi) is 5.45. The molecule has 4 rings (SSSR count). The minimum absolute atomic E-state index is 0.232. The first kappa shape index (κ1) is 21.3. The summed E-state index contributed by atoms with van der Waals surface area (Å²) < 4.78 is 75.6. The van der Waals surface area contributed by atoms with Gasteiger partial charge in [0.2, 0.25) is 0 Å². The zero-order chi connectivity index (χ0) is 21.7. The Morgan fingerprint density at radius 3 is 2.33 bits per heavy atom. The number of benzene rings is 1. The molecule has 0 saturated heterocycles. The van der Waals surface area contributed by atoms with E-state index in [2.05, 4.69) is 5.32 Å². The SMILES string of the molecule is COc1cc(C(F)(F)F)cc2c1C(=O)N([C@H]1CCCC[C@H]1NC1CCCC1)C2(F)F. The highest BCUT2D eigenvalue weighted by molar-refractivity contribution is 6.02. The van der Waals surface area contributed by atoms with Gasteiger partial charge in [0, 0.05) is 12.1 Å². The minimum Gasteiger partial charge on any atom is -0.496 e. The third-order valence-corrected chi connectivity index (χ3v) is 6.57. The van der Waals surface area contributed by atoms with Gasteiger partial charge in [-0.2, -0.15) is 22.0 Å². The molecule has 0 radical (unpaired) electrons. The van der Waals surface area contributed by atoms with E-state index in [0.717, 1.165) is 39.2 Å². The number of halogens is 5. The van der Waals surface area contributed by atoms with Crippen molar-refractivity contribution in [1.29, 1.82) is 0 Å². The highest BCUT2D eigenvalue weighted by Gasteiger charge is 2.57. The lowest BCUT2D eigenvalue weighted by Gasteiger charge is -2.42. The van der Waals surface area contributed by atoms with Crippen molar-refractivity contribution in [1.82, 2.24) is 10.2 Å². The van der Waals surface area contributed by atoms with Crippen molar-refractivity contribution in [3.63, 3.8) is 0 Å². The zero-order valence-electron chi connectivity index (χ0n) is 16.7. The third kappa shape index (κ3) is 3.55. The fraction of sp³-hybridized carbons (Fsp3) is 0.667. The highest BCUT2D eigenvalue weighted by Crippen LogP contribution is 2.50. The number of fused-ring (bicyclic) bond motifs is 1. The maximum absolute atomic E-state index is 15.5. The first-order valence-corrected chi connectivity index (χ1v) is 10.4. The van der Waals surface area contributed by atoms with Crippen LogP contribution in [0.4, 0.5) is 22.0 Å². The van der Waals surface area contributed by atoms with E-state index in [9.17, 15) is 18.0 Å². The molecular formula is C21H25F5N2O2. The van der Waals surface area contributed by atoms with Crippen molar-refractivity contribution in [3.05, 3.63) is 28.8 Å². The molecule has 1 aromatic carbocycles.